The molecule has 174 valence electrons. The Bertz CT molecular complexity index is 1230. The third kappa shape index (κ3) is 6.57. The Labute approximate surface area is 200 Å². The number of nitrogens with one attached hydrogen (secondary N) is 2. The monoisotopic (exact) mass is 486 g/mol. The zero-order valence-corrected chi connectivity index (χ0v) is 20.3. The number of anilines is 1. The normalized spacial score (nSPS) is 12.2. The van der Waals surface area contributed by atoms with E-state index < -0.39 is 22.0 Å². The number of ether oxygens (including phenoxy) is 1. The van der Waals surface area contributed by atoms with Gasteiger partial charge in [-0.2, -0.15) is 4.72 Å². The van der Waals surface area contributed by atoms with Gasteiger partial charge in [-0.1, -0.05) is 48.0 Å². The maximum absolute atomic E-state index is 13.2. The molecular weight excluding hydrogens is 460 g/mol. The van der Waals surface area contributed by atoms with Crippen LogP contribution in [0, 0.1) is 13.8 Å². The highest BCUT2D eigenvalue weighted by molar-refractivity contribution is 7.89. The van der Waals surface area contributed by atoms with Crippen molar-refractivity contribution in [2.24, 2.45) is 0 Å². The lowest BCUT2D eigenvalue weighted by Gasteiger charge is -2.19. The zero-order valence-electron chi connectivity index (χ0n) is 18.8. The Kier molecular flexibility index (Phi) is 8.13. The van der Waals surface area contributed by atoms with Gasteiger partial charge in [0.05, 0.1) is 11.5 Å². The Morgan fingerprint density at radius 1 is 1.00 bits per heavy atom. The number of hydrogen-bond acceptors (Lipinski definition) is 4. The van der Waals surface area contributed by atoms with Crippen molar-refractivity contribution >= 4 is 33.2 Å². The lowest BCUT2D eigenvalue weighted by molar-refractivity contribution is -0.117. The third-order valence-electron chi connectivity index (χ3n) is 5.09. The fraction of sp³-hybridized carbons (Fsp3) is 0.240. The lowest BCUT2D eigenvalue weighted by atomic mass is 10.1. The minimum absolute atomic E-state index is 0.0627. The van der Waals surface area contributed by atoms with E-state index in [1.165, 1.54) is 12.1 Å². The summed E-state index contributed by atoms with van der Waals surface area (Å²) in [4.78, 5) is 13.2. The number of sulfonamides is 1. The summed E-state index contributed by atoms with van der Waals surface area (Å²) in [5.41, 5.74) is 2.88. The van der Waals surface area contributed by atoms with Crippen molar-refractivity contribution in [2.75, 3.05) is 11.9 Å². The van der Waals surface area contributed by atoms with E-state index in [9.17, 15) is 13.2 Å². The number of aryl methyl sites for hydroxylation is 2. The molecule has 8 heteroatoms. The topological polar surface area (TPSA) is 84.5 Å². The number of carbonyl (C=O) groups excluding carboxylic acids is 1. The third-order valence-corrected chi connectivity index (χ3v) is 6.97. The van der Waals surface area contributed by atoms with Crippen LogP contribution in [0.2, 0.25) is 5.02 Å². The Balaban J connectivity index is 1.87. The number of benzene rings is 3. The molecule has 33 heavy (non-hydrogen) atoms. The van der Waals surface area contributed by atoms with Crippen LogP contribution >= 0.6 is 11.6 Å². The smallest absolute Gasteiger partial charge is 0.242 e. The standard InChI is InChI=1S/C25H27ClN2O4S/c1-4-32-24-13-12-21(14-18(24)3)33(30,31)28-23(15-19-8-6-5-7-9-19)25(29)27-20-11-10-17(2)22(26)16-20/h5-14,16,23,28H,4,15H2,1-3H3,(H,27,29)/t23-/m1/s1. The van der Waals surface area contributed by atoms with Crippen LogP contribution in [0.25, 0.3) is 0 Å². The van der Waals surface area contributed by atoms with Crippen LogP contribution in [0.4, 0.5) is 5.69 Å². The van der Waals surface area contributed by atoms with E-state index in [0.717, 1.165) is 11.1 Å². The van der Waals surface area contributed by atoms with Crippen molar-refractivity contribution in [1.29, 1.82) is 0 Å². The fourth-order valence-corrected chi connectivity index (χ4v) is 4.76. The number of hydrogen-bond donors (Lipinski definition) is 2. The van der Waals surface area contributed by atoms with Gasteiger partial charge in [-0.3, -0.25) is 4.79 Å². The molecule has 0 spiro atoms. The predicted molar refractivity (Wildman–Crippen MR) is 131 cm³/mol. The molecule has 0 saturated carbocycles. The summed E-state index contributed by atoms with van der Waals surface area (Å²) in [5, 5.41) is 3.28. The van der Waals surface area contributed by atoms with E-state index in [-0.39, 0.29) is 11.3 Å². The summed E-state index contributed by atoms with van der Waals surface area (Å²) in [7, 11) is -3.98. The molecule has 0 unspecified atom stereocenters. The summed E-state index contributed by atoms with van der Waals surface area (Å²) in [6, 6.07) is 18.0. The van der Waals surface area contributed by atoms with Gasteiger partial charge >= 0.3 is 0 Å². The Hall–Kier alpha value is -2.87. The number of rotatable bonds is 9. The van der Waals surface area contributed by atoms with E-state index in [1.807, 2.05) is 44.2 Å². The lowest BCUT2D eigenvalue weighted by Crippen LogP contribution is -2.45. The first kappa shape index (κ1) is 24.8. The molecule has 0 radical (unpaired) electrons. The summed E-state index contributed by atoms with van der Waals surface area (Å²) < 4.78 is 34.4. The van der Waals surface area contributed by atoms with Crippen LogP contribution in [0.3, 0.4) is 0 Å². The van der Waals surface area contributed by atoms with Crippen LogP contribution < -0.4 is 14.8 Å². The van der Waals surface area contributed by atoms with Gasteiger partial charge in [0.15, 0.2) is 0 Å². The molecule has 0 aliphatic rings. The van der Waals surface area contributed by atoms with Gasteiger partial charge in [0.2, 0.25) is 15.9 Å². The van der Waals surface area contributed by atoms with Gasteiger partial charge in [-0.15, -0.1) is 0 Å². The van der Waals surface area contributed by atoms with Crippen LogP contribution in [-0.2, 0) is 21.2 Å². The zero-order chi connectivity index (χ0) is 24.0. The van der Waals surface area contributed by atoms with Gasteiger partial charge in [-0.05, 0) is 74.2 Å². The molecule has 0 fully saturated rings. The van der Waals surface area contributed by atoms with E-state index in [4.69, 9.17) is 16.3 Å². The maximum atomic E-state index is 13.2. The first-order valence-electron chi connectivity index (χ1n) is 10.6. The van der Waals surface area contributed by atoms with Crippen LogP contribution in [-0.4, -0.2) is 27.0 Å². The van der Waals surface area contributed by atoms with Crippen LogP contribution in [0.15, 0.2) is 71.6 Å². The molecule has 0 aliphatic heterocycles. The highest BCUT2D eigenvalue weighted by Crippen LogP contribution is 2.23. The Morgan fingerprint density at radius 2 is 1.73 bits per heavy atom. The SMILES string of the molecule is CCOc1ccc(S(=O)(=O)N[C@H](Cc2ccccc2)C(=O)Nc2ccc(C)c(Cl)c2)cc1C. The minimum atomic E-state index is -3.98. The van der Waals surface area contributed by atoms with Crippen molar-refractivity contribution < 1.29 is 17.9 Å². The second kappa shape index (κ2) is 10.8. The molecule has 6 nitrogen and oxygen atoms in total. The second-order valence-electron chi connectivity index (χ2n) is 7.68. The van der Waals surface area contributed by atoms with E-state index >= 15 is 0 Å². The molecular formula is C25H27ClN2O4S. The van der Waals surface area contributed by atoms with Gasteiger partial charge < -0.3 is 10.1 Å². The van der Waals surface area contributed by atoms with Gasteiger partial charge in [0.1, 0.15) is 11.8 Å². The molecule has 0 aromatic heterocycles. The summed E-state index contributed by atoms with van der Waals surface area (Å²) in [6.45, 7) is 5.98. The first-order chi connectivity index (χ1) is 15.7. The second-order valence-corrected chi connectivity index (χ2v) is 9.80. The van der Waals surface area contributed by atoms with Crippen LogP contribution in [0.1, 0.15) is 23.6 Å². The Morgan fingerprint density at radius 3 is 2.36 bits per heavy atom. The van der Waals surface area contributed by atoms with E-state index in [0.29, 0.717) is 28.6 Å². The molecule has 3 aromatic rings. The predicted octanol–water partition coefficient (Wildman–Crippen LogP) is 4.88. The molecule has 3 rings (SSSR count). The van der Waals surface area contributed by atoms with Crippen molar-refractivity contribution in [3.05, 3.63) is 88.4 Å². The summed E-state index contributed by atoms with van der Waals surface area (Å²) >= 11 is 6.17. The van der Waals surface area contributed by atoms with Crippen LogP contribution in [0.5, 0.6) is 5.75 Å². The van der Waals surface area contributed by atoms with E-state index in [1.54, 1.807) is 31.2 Å². The molecule has 1 atom stereocenters. The van der Waals surface area contributed by atoms with Crippen molar-refractivity contribution in [2.45, 2.75) is 38.1 Å². The molecule has 3 aromatic carbocycles. The molecule has 0 bridgehead atoms. The van der Waals surface area contributed by atoms with Crippen molar-refractivity contribution in [3.8, 4) is 5.75 Å². The maximum Gasteiger partial charge on any atom is 0.242 e. The molecule has 2 N–H and O–H groups in total. The average molecular weight is 487 g/mol. The highest BCUT2D eigenvalue weighted by atomic mass is 35.5. The van der Waals surface area contributed by atoms with E-state index in [2.05, 4.69) is 10.0 Å². The number of halogens is 1. The van der Waals surface area contributed by atoms with Crippen molar-refractivity contribution in [1.82, 2.24) is 4.72 Å². The summed E-state index contributed by atoms with van der Waals surface area (Å²) in [6.07, 6.45) is 0.182. The highest BCUT2D eigenvalue weighted by Gasteiger charge is 2.27. The van der Waals surface area contributed by atoms with Gasteiger partial charge in [0.25, 0.3) is 0 Å². The summed E-state index contributed by atoms with van der Waals surface area (Å²) in [5.74, 6) is 0.135. The average Bonchev–Trinajstić information content (AvgIpc) is 2.78. The largest absolute Gasteiger partial charge is 0.494 e. The molecule has 0 saturated heterocycles. The molecule has 1 amide bonds. The fourth-order valence-electron chi connectivity index (χ4n) is 3.30. The first-order valence-corrected chi connectivity index (χ1v) is 12.4. The minimum Gasteiger partial charge on any atom is -0.494 e. The number of amides is 1. The van der Waals surface area contributed by atoms with Gasteiger partial charge in [0, 0.05) is 10.7 Å². The van der Waals surface area contributed by atoms with Gasteiger partial charge in [-0.25, -0.2) is 8.42 Å². The number of carbonyl (C=O) groups is 1. The molecule has 0 heterocycles. The molecule has 0 aliphatic carbocycles. The van der Waals surface area contributed by atoms with Crippen molar-refractivity contribution in [3.63, 3.8) is 0 Å². The quantitative estimate of drug-likeness (QED) is 0.451.